The largest absolute Gasteiger partial charge is 0.129 e. The Balaban J connectivity index is 2.66. The van der Waals surface area contributed by atoms with E-state index >= 15 is 0 Å². The molecule has 0 atom stereocenters. The van der Waals surface area contributed by atoms with Crippen LogP contribution in [0.25, 0.3) is 0 Å². The molecule has 2 aromatic carbocycles. The minimum Gasteiger partial charge on any atom is -0.129 e. The summed E-state index contributed by atoms with van der Waals surface area (Å²) in [5.41, 5.74) is 5.58. The van der Waals surface area contributed by atoms with Crippen molar-refractivity contribution in [3.8, 4) is 0 Å². The van der Waals surface area contributed by atoms with Gasteiger partial charge in [-0.2, -0.15) is 0 Å². The lowest BCUT2D eigenvalue weighted by atomic mass is 9.77. The van der Waals surface area contributed by atoms with Crippen LogP contribution in [0.4, 0.5) is 0 Å². The van der Waals surface area contributed by atoms with Gasteiger partial charge in [-0.25, -0.2) is 0 Å². The predicted molar refractivity (Wildman–Crippen MR) is 122 cm³/mol. The fraction of sp³-hybridized carbons (Fsp3) is 0.429. The van der Waals surface area contributed by atoms with Crippen LogP contribution < -0.4 is 0 Å². The van der Waals surface area contributed by atoms with Crippen LogP contribution in [-0.4, -0.2) is 25.0 Å². The normalized spacial score (nSPS) is 11.8. The maximum atomic E-state index is 2.39. The fourth-order valence-electron chi connectivity index (χ4n) is 3.06. The van der Waals surface area contributed by atoms with E-state index in [0.717, 1.165) is 0 Å². The lowest BCUT2D eigenvalue weighted by Crippen LogP contribution is -2.20. The van der Waals surface area contributed by atoms with Gasteiger partial charge in [0.15, 0.2) is 0 Å². The molecule has 136 valence electrons. The molecule has 0 bridgehead atoms. The zero-order valence-electron chi connectivity index (χ0n) is 16.4. The molecule has 0 aliphatic carbocycles. The van der Waals surface area contributed by atoms with Gasteiger partial charge in [0.05, 0.1) is 0 Å². The summed E-state index contributed by atoms with van der Waals surface area (Å²) in [7, 11) is 0. The highest BCUT2D eigenvalue weighted by molar-refractivity contribution is 7.99. The van der Waals surface area contributed by atoms with E-state index in [4.69, 9.17) is 0 Å². The number of hydrogen-bond donors (Lipinski definition) is 0. The standard InChI is InChI=1S/C21H28S4/c1-13-17(22-5)9-15(10-18(13)23-6)21(3,4)16-11-19(24-7)14(2)20(12-16)25-8/h9-12H,1-8H3. The highest BCUT2D eigenvalue weighted by Crippen LogP contribution is 2.41. The van der Waals surface area contributed by atoms with Crippen molar-refractivity contribution in [1.82, 2.24) is 0 Å². The van der Waals surface area contributed by atoms with Crippen molar-refractivity contribution in [2.75, 3.05) is 25.0 Å². The first-order valence-corrected chi connectivity index (χ1v) is 13.2. The van der Waals surface area contributed by atoms with Crippen molar-refractivity contribution >= 4 is 47.0 Å². The Hall–Kier alpha value is -0.160. The molecule has 0 amide bonds. The number of thioether (sulfide) groups is 4. The number of benzene rings is 2. The van der Waals surface area contributed by atoms with Gasteiger partial charge < -0.3 is 0 Å². The molecule has 2 aromatic rings. The van der Waals surface area contributed by atoms with Crippen molar-refractivity contribution in [1.29, 1.82) is 0 Å². The molecule has 0 fully saturated rings. The maximum absolute atomic E-state index is 2.39. The maximum Gasteiger partial charge on any atom is 0.0148 e. The van der Waals surface area contributed by atoms with Crippen molar-refractivity contribution in [2.45, 2.75) is 52.7 Å². The molecule has 25 heavy (non-hydrogen) atoms. The highest BCUT2D eigenvalue weighted by Gasteiger charge is 2.26. The Morgan fingerprint density at radius 1 is 0.560 bits per heavy atom. The van der Waals surface area contributed by atoms with Crippen LogP contribution in [0.1, 0.15) is 36.1 Å². The predicted octanol–water partition coefficient (Wildman–Crippen LogP) is 7.52. The molecule has 0 aliphatic rings. The monoisotopic (exact) mass is 408 g/mol. The van der Waals surface area contributed by atoms with Crippen molar-refractivity contribution in [3.05, 3.63) is 46.5 Å². The van der Waals surface area contributed by atoms with E-state index in [1.54, 1.807) is 0 Å². The highest BCUT2D eigenvalue weighted by atomic mass is 32.2. The molecule has 2 rings (SSSR count). The molecule has 0 spiro atoms. The SMILES string of the molecule is CSc1cc(C(C)(C)c2cc(SC)c(C)c(SC)c2)cc(SC)c1C. The minimum atomic E-state index is -0.0225. The Labute approximate surface area is 170 Å². The van der Waals surface area contributed by atoms with Gasteiger partial charge in [0, 0.05) is 25.0 Å². The molecule has 0 radical (unpaired) electrons. The topological polar surface area (TPSA) is 0 Å². The lowest BCUT2D eigenvalue weighted by molar-refractivity contribution is 0.631. The van der Waals surface area contributed by atoms with Gasteiger partial charge in [-0.15, -0.1) is 47.0 Å². The van der Waals surface area contributed by atoms with Crippen LogP contribution in [0.5, 0.6) is 0 Å². The summed E-state index contributed by atoms with van der Waals surface area (Å²) in [6.45, 7) is 9.17. The molecule has 0 saturated heterocycles. The first-order chi connectivity index (χ1) is 11.8. The lowest BCUT2D eigenvalue weighted by Gasteiger charge is -2.29. The van der Waals surface area contributed by atoms with Gasteiger partial charge in [-0.1, -0.05) is 13.8 Å². The summed E-state index contributed by atoms with van der Waals surface area (Å²) in [5.74, 6) is 0. The second-order valence-corrected chi connectivity index (χ2v) is 10.0. The summed E-state index contributed by atoms with van der Waals surface area (Å²) in [6.07, 6.45) is 8.69. The second-order valence-electron chi connectivity index (χ2n) is 6.64. The van der Waals surface area contributed by atoms with Crippen LogP contribution in [0.15, 0.2) is 43.8 Å². The van der Waals surface area contributed by atoms with Crippen LogP contribution in [0, 0.1) is 13.8 Å². The van der Waals surface area contributed by atoms with E-state index < -0.39 is 0 Å². The smallest absolute Gasteiger partial charge is 0.0148 e. The Morgan fingerprint density at radius 2 is 0.800 bits per heavy atom. The van der Waals surface area contributed by atoms with E-state index in [1.807, 2.05) is 47.0 Å². The van der Waals surface area contributed by atoms with Crippen LogP contribution in [-0.2, 0) is 5.41 Å². The van der Waals surface area contributed by atoms with Crippen molar-refractivity contribution in [2.24, 2.45) is 0 Å². The first-order valence-electron chi connectivity index (χ1n) is 8.26. The molecule has 0 heterocycles. The molecule has 0 N–H and O–H groups in total. The average molecular weight is 409 g/mol. The van der Waals surface area contributed by atoms with Crippen molar-refractivity contribution < 1.29 is 0 Å². The summed E-state index contributed by atoms with van der Waals surface area (Å²) >= 11 is 7.39. The van der Waals surface area contributed by atoms with Gasteiger partial charge in [-0.05, 0) is 85.4 Å². The summed E-state index contributed by atoms with van der Waals surface area (Å²) in [4.78, 5) is 5.55. The first kappa shape index (κ1) is 21.1. The van der Waals surface area contributed by atoms with Gasteiger partial charge in [0.25, 0.3) is 0 Å². The van der Waals surface area contributed by atoms with Gasteiger partial charge in [0.1, 0.15) is 0 Å². The summed E-state index contributed by atoms with van der Waals surface area (Å²) in [5, 5.41) is 0. The van der Waals surface area contributed by atoms with E-state index in [-0.39, 0.29) is 5.41 Å². The van der Waals surface area contributed by atoms with E-state index in [1.165, 1.54) is 41.8 Å². The molecule has 4 heteroatoms. The Bertz CT molecular complexity index is 649. The minimum absolute atomic E-state index is 0.0225. The number of rotatable bonds is 6. The van der Waals surface area contributed by atoms with Gasteiger partial charge >= 0.3 is 0 Å². The van der Waals surface area contributed by atoms with E-state index in [9.17, 15) is 0 Å². The summed E-state index contributed by atoms with van der Waals surface area (Å²) < 4.78 is 0. The molecular weight excluding hydrogens is 380 g/mol. The zero-order chi connectivity index (χ0) is 18.8. The molecule has 0 aliphatic heterocycles. The quantitative estimate of drug-likeness (QED) is 0.453. The zero-order valence-corrected chi connectivity index (χ0v) is 19.7. The van der Waals surface area contributed by atoms with Crippen molar-refractivity contribution in [3.63, 3.8) is 0 Å². The molecular formula is C21H28S4. The van der Waals surface area contributed by atoms with Crippen LogP contribution in [0.2, 0.25) is 0 Å². The average Bonchev–Trinajstić information content (AvgIpc) is 2.61. The second kappa shape index (κ2) is 8.69. The fourth-order valence-corrected chi connectivity index (χ4v) is 5.83. The van der Waals surface area contributed by atoms with Gasteiger partial charge in [-0.3, -0.25) is 0 Å². The third-order valence-electron chi connectivity index (χ3n) is 4.95. The third-order valence-corrected chi connectivity index (χ3v) is 8.40. The van der Waals surface area contributed by atoms with E-state index in [2.05, 4.69) is 77.0 Å². The number of hydrogen-bond acceptors (Lipinski definition) is 4. The van der Waals surface area contributed by atoms with Crippen LogP contribution in [0.3, 0.4) is 0 Å². The molecule has 0 aromatic heterocycles. The molecule has 0 nitrogen and oxygen atoms in total. The summed E-state index contributed by atoms with van der Waals surface area (Å²) in [6, 6.07) is 9.54. The molecule has 0 saturated carbocycles. The van der Waals surface area contributed by atoms with E-state index in [0.29, 0.717) is 0 Å². The van der Waals surface area contributed by atoms with Gasteiger partial charge in [0.2, 0.25) is 0 Å². The van der Waals surface area contributed by atoms with Crippen LogP contribution >= 0.6 is 47.0 Å². The Morgan fingerprint density at radius 3 is 1.00 bits per heavy atom. The third kappa shape index (κ3) is 4.23. The Kier molecular flexibility index (Phi) is 7.35. The molecule has 0 unspecified atom stereocenters.